The molecule has 4 heteroatoms. The molecular formula is C14H22FNO2. The van der Waals surface area contributed by atoms with Crippen molar-refractivity contribution in [2.75, 3.05) is 13.2 Å². The molecule has 0 aliphatic carbocycles. The number of hydrogen-bond acceptors (Lipinski definition) is 3. The van der Waals surface area contributed by atoms with E-state index in [1.165, 1.54) is 6.07 Å². The normalized spacial score (nSPS) is 11.6. The molecule has 0 aliphatic heterocycles. The van der Waals surface area contributed by atoms with E-state index in [-0.39, 0.29) is 11.6 Å². The topological polar surface area (TPSA) is 41.5 Å². The summed E-state index contributed by atoms with van der Waals surface area (Å²) in [6.07, 6.45) is 0.464. The van der Waals surface area contributed by atoms with E-state index in [1.807, 2.05) is 13.0 Å². The highest BCUT2D eigenvalue weighted by Gasteiger charge is 2.13. The van der Waals surface area contributed by atoms with Crippen molar-refractivity contribution in [1.82, 2.24) is 5.32 Å². The highest BCUT2D eigenvalue weighted by atomic mass is 19.1. The molecule has 1 rings (SSSR count). The summed E-state index contributed by atoms with van der Waals surface area (Å²) in [5.41, 5.74) is 0.103. The van der Waals surface area contributed by atoms with E-state index >= 15 is 0 Å². The van der Waals surface area contributed by atoms with Gasteiger partial charge < -0.3 is 15.2 Å². The van der Waals surface area contributed by atoms with E-state index in [2.05, 4.69) is 5.32 Å². The van der Waals surface area contributed by atoms with Crippen LogP contribution in [0.25, 0.3) is 0 Å². The minimum absolute atomic E-state index is 0.236. The van der Waals surface area contributed by atoms with Gasteiger partial charge in [0, 0.05) is 13.0 Å². The predicted octanol–water partition coefficient (Wildman–Crippen LogP) is 2.48. The van der Waals surface area contributed by atoms with Crippen molar-refractivity contribution in [3.05, 3.63) is 29.6 Å². The average Bonchev–Trinajstić information content (AvgIpc) is 2.27. The van der Waals surface area contributed by atoms with Crippen LogP contribution in [-0.4, -0.2) is 23.9 Å². The lowest BCUT2D eigenvalue weighted by Crippen LogP contribution is -2.22. The van der Waals surface area contributed by atoms with Gasteiger partial charge >= 0.3 is 0 Å². The Kier molecular flexibility index (Phi) is 5.56. The highest BCUT2D eigenvalue weighted by molar-refractivity contribution is 5.29. The fourth-order valence-electron chi connectivity index (χ4n) is 1.45. The second-order valence-corrected chi connectivity index (χ2v) is 4.96. The van der Waals surface area contributed by atoms with Gasteiger partial charge in [0.1, 0.15) is 0 Å². The van der Waals surface area contributed by atoms with E-state index in [1.54, 1.807) is 19.9 Å². The van der Waals surface area contributed by atoms with Crippen LogP contribution in [0.1, 0.15) is 32.8 Å². The van der Waals surface area contributed by atoms with E-state index in [0.29, 0.717) is 19.6 Å². The number of nitrogens with one attached hydrogen (secondary N) is 1. The average molecular weight is 255 g/mol. The third-order valence-corrected chi connectivity index (χ3v) is 2.55. The monoisotopic (exact) mass is 255 g/mol. The van der Waals surface area contributed by atoms with Crippen molar-refractivity contribution < 1.29 is 14.2 Å². The van der Waals surface area contributed by atoms with Crippen LogP contribution in [-0.2, 0) is 6.54 Å². The van der Waals surface area contributed by atoms with Gasteiger partial charge in [-0.05, 0) is 38.1 Å². The second kappa shape index (κ2) is 6.71. The van der Waals surface area contributed by atoms with Crippen LogP contribution in [0, 0.1) is 5.82 Å². The minimum Gasteiger partial charge on any atom is -0.490 e. The summed E-state index contributed by atoms with van der Waals surface area (Å²) in [4.78, 5) is 0. The Balaban J connectivity index is 2.52. The number of aliphatic hydroxyl groups is 1. The maximum Gasteiger partial charge on any atom is 0.165 e. The highest BCUT2D eigenvalue weighted by Crippen LogP contribution is 2.19. The standard InChI is InChI=1S/C14H22FNO2/c1-4-16-10-11-5-6-13(12(15)9-11)18-8-7-14(2,3)17/h5-6,9,16-17H,4,7-8,10H2,1-3H3. The zero-order chi connectivity index (χ0) is 13.6. The van der Waals surface area contributed by atoms with Crippen LogP contribution in [0.15, 0.2) is 18.2 Å². The summed E-state index contributed by atoms with van der Waals surface area (Å²) < 4.78 is 19.0. The van der Waals surface area contributed by atoms with Crippen molar-refractivity contribution in [3.8, 4) is 5.75 Å². The molecule has 0 aromatic heterocycles. The molecule has 3 nitrogen and oxygen atoms in total. The third-order valence-electron chi connectivity index (χ3n) is 2.55. The van der Waals surface area contributed by atoms with Gasteiger partial charge in [0.15, 0.2) is 11.6 Å². The van der Waals surface area contributed by atoms with Crippen molar-refractivity contribution >= 4 is 0 Å². The molecule has 0 bridgehead atoms. The molecule has 0 radical (unpaired) electrons. The van der Waals surface area contributed by atoms with Crippen LogP contribution >= 0.6 is 0 Å². The van der Waals surface area contributed by atoms with E-state index in [4.69, 9.17) is 4.74 Å². The Labute approximate surface area is 108 Å². The fourth-order valence-corrected chi connectivity index (χ4v) is 1.45. The quantitative estimate of drug-likeness (QED) is 0.786. The molecule has 0 saturated heterocycles. The third kappa shape index (κ3) is 5.47. The molecule has 0 atom stereocenters. The molecule has 1 aromatic carbocycles. The van der Waals surface area contributed by atoms with Crippen LogP contribution in [0.3, 0.4) is 0 Å². The van der Waals surface area contributed by atoms with Crippen molar-refractivity contribution in [1.29, 1.82) is 0 Å². The Bertz CT molecular complexity index is 375. The first-order valence-corrected chi connectivity index (χ1v) is 6.26. The Morgan fingerprint density at radius 3 is 2.67 bits per heavy atom. The lowest BCUT2D eigenvalue weighted by Gasteiger charge is -2.17. The number of rotatable bonds is 7. The fraction of sp³-hybridized carbons (Fsp3) is 0.571. The zero-order valence-corrected chi connectivity index (χ0v) is 11.3. The zero-order valence-electron chi connectivity index (χ0n) is 11.3. The van der Waals surface area contributed by atoms with Crippen LogP contribution in [0.5, 0.6) is 5.75 Å². The first kappa shape index (κ1) is 14.9. The molecule has 0 aliphatic rings. The van der Waals surface area contributed by atoms with E-state index < -0.39 is 5.60 Å². The Hall–Kier alpha value is -1.13. The van der Waals surface area contributed by atoms with Crippen molar-refractivity contribution in [2.24, 2.45) is 0 Å². The molecule has 0 fully saturated rings. The maximum absolute atomic E-state index is 13.7. The van der Waals surface area contributed by atoms with Crippen LogP contribution < -0.4 is 10.1 Å². The van der Waals surface area contributed by atoms with Gasteiger partial charge in [0.05, 0.1) is 12.2 Å². The summed E-state index contributed by atoms with van der Waals surface area (Å²) in [7, 11) is 0. The van der Waals surface area contributed by atoms with E-state index in [9.17, 15) is 9.50 Å². The molecule has 0 saturated carbocycles. The minimum atomic E-state index is -0.790. The van der Waals surface area contributed by atoms with Gasteiger partial charge in [-0.2, -0.15) is 0 Å². The van der Waals surface area contributed by atoms with Crippen molar-refractivity contribution in [2.45, 2.75) is 39.3 Å². The van der Waals surface area contributed by atoms with Gasteiger partial charge in [-0.3, -0.25) is 0 Å². The molecule has 0 spiro atoms. The molecule has 102 valence electrons. The Morgan fingerprint density at radius 2 is 2.11 bits per heavy atom. The lowest BCUT2D eigenvalue weighted by atomic mass is 10.1. The summed E-state index contributed by atoms with van der Waals surface area (Å²) in [6, 6.07) is 4.94. The Morgan fingerprint density at radius 1 is 1.39 bits per heavy atom. The first-order valence-electron chi connectivity index (χ1n) is 6.26. The van der Waals surface area contributed by atoms with Crippen molar-refractivity contribution in [3.63, 3.8) is 0 Å². The number of halogens is 1. The van der Waals surface area contributed by atoms with Crippen LogP contribution in [0.4, 0.5) is 4.39 Å². The molecule has 1 aromatic rings. The first-order chi connectivity index (χ1) is 8.42. The van der Waals surface area contributed by atoms with Gasteiger partial charge in [0.25, 0.3) is 0 Å². The predicted molar refractivity (Wildman–Crippen MR) is 70.2 cm³/mol. The molecule has 2 N–H and O–H groups in total. The smallest absolute Gasteiger partial charge is 0.165 e. The SMILES string of the molecule is CCNCc1ccc(OCCC(C)(C)O)c(F)c1. The number of benzene rings is 1. The lowest BCUT2D eigenvalue weighted by molar-refractivity contribution is 0.0547. The van der Waals surface area contributed by atoms with E-state index in [0.717, 1.165) is 12.1 Å². The van der Waals surface area contributed by atoms with Crippen LogP contribution in [0.2, 0.25) is 0 Å². The molecular weight excluding hydrogens is 233 g/mol. The maximum atomic E-state index is 13.7. The molecule has 0 amide bonds. The van der Waals surface area contributed by atoms with Gasteiger partial charge in [0.2, 0.25) is 0 Å². The molecule has 0 heterocycles. The van der Waals surface area contributed by atoms with Gasteiger partial charge in [-0.1, -0.05) is 13.0 Å². The van der Waals surface area contributed by atoms with Gasteiger partial charge in [-0.25, -0.2) is 4.39 Å². The summed E-state index contributed by atoms with van der Waals surface area (Å²) in [5, 5.41) is 12.7. The largest absolute Gasteiger partial charge is 0.490 e. The number of hydrogen-bond donors (Lipinski definition) is 2. The molecule has 0 unspecified atom stereocenters. The second-order valence-electron chi connectivity index (χ2n) is 4.96. The number of ether oxygens (including phenoxy) is 1. The molecule has 18 heavy (non-hydrogen) atoms. The van der Waals surface area contributed by atoms with Gasteiger partial charge in [-0.15, -0.1) is 0 Å². The summed E-state index contributed by atoms with van der Waals surface area (Å²) >= 11 is 0. The summed E-state index contributed by atoms with van der Waals surface area (Å²) in [5.74, 6) is -0.124. The summed E-state index contributed by atoms with van der Waals surface area (Å²) in [6.45, 7) is 7.21.